The largest absolute Gasteiger partial charge is 0.372 e. The van der Waals surface area contributed by atoms with Gasteiger partial charge in [0.15, 0.2) is 0 Å². The molecule has 0 aromatic heterocycles. The average molecular weight is 417 g/mol. The molecule has 2 atom stereocenters. The van der Waals surface area contributed by atoms with E-state index in [1.807, 2.05) is 26.8 Å². The second-order valence-corrected chi connectivity index (χ2v) is 9.39. The Kier molecular flexibility index (Phi) is 6.59. The van der Waals surface area contributed by atoms with E-state index >= 15 is 0 Å². The zero-order chi connectivity index (χ0) is 21.0. The molecule has 1 fully saturated rings. The highest BCUT2D eigenvalue weighted by atomic mass is 32.2. The maximum atomic E-state index is 13.3. The highest BCUT2D eigenvalue weighted by Crippen LogP contribution is 2.24. The molecule has 156 valence electrons. The molecule has 0 radical (unpaired) electrons. The monoisotopic (exact) mass is 416 g/mol. The van der Waals surface area contributed by atoms with E-state index in [1.54, 1.807) is 53.4 Å². The second kappa shape index (κ2) is 8.97. The van der Waals surface area contributed by atoms with Gasteiger partial charge >= 0.3 is 0 Å². The molecule has 1 saturated heterocycles. The molecule has 6 nitrogen and oxygen atoms in total. The fraction of sp³-hybridized carbons (Fsp3) is 0.409. The lowest BCUT2D eigenvalue weighted by molar-refractivity contribution is -0.142. The third kappa shape index (κ3) is 5.16. The summed E-state index contributed by atoms with van der Waals surface area (Å²) in [5, 5.41) is 0. The molecule has 0 spiro atoms. The minimum Gasteiger partial charge on any atom is -0.372 e. The first-order valence-electron chi connectivity index (χ1n) is 9.85. The first kappa shape index (κ1) is 21.3. The van der Waals surface area contributed by atoms with Crippen LogP contribution in [0.15, 0.2) is 59.5 Å². The fourth-order valence-electron chi connectivity index (χ4n) is 3.56. The van der Waals surface area contributed by atoms with Crippen molar-refractivity contribution in [1.82, 2.24) is 4.90 Å². The summed E-state index contributed by atoms with van der Waals surface area (Å²) < 4.78 is 33.6. The van der Waals surface area contributed by atoms with Crippen LogP contribution in [-0.2, 0) is 19.6 Å². The summed E-state index contributed by atoms with van der Waals surface area (Å²) >= 11 is 0. The minimum atomic E-state index is -3.78. The standard InChI is InChI=1S/C22H28N2O4S/c1-17-9-11-21(12-10-17)29(26,27)24(20-7-5-4-6-8-20)14-13-22(25)23-15-18(2)28-19(3)16-23/h4-12,18-19H,13-16H2,1-3H3/t18-,19-/m0/s1. The first-order chi connectivity index (χ1) is 13.8. The topological polar surface area (TPSA) is 66.9 Å². The van der Waals surface area contributed by atoms with Crippen molar-refractivity contribution in [2.75, 3.05) is 23.9 Å². The number of anilines is 1. The van der Waals surface area contributed by atoms with Crippen molar-refractivity contribution < 1.29 is 17.9 Å². The Bertz CT molecular complexity index is 919. The Morgan fingerprint density at radius 2 is 1.62 bits per heavy atom. The lowest BCUT2D eigenvalue weighted by Gasteiger charge is -2.35. The van der Waals surface area contributed by atoms with Crippen LogP contribution in [-0.4, -0.2) is 51.1 Å². The number of aryl methyl sites for hydroxylation is 1. The normalized spacial score (nSPS) is 19.8. The summed E-state index contributed by atoms with van der Waals surface area (Å²) in [4.78, 5) is 14.8. The quantitative estimate of drug-likeness (QED) is 0.725. The number of nitrogens with zero attached hydrogens (tertiary/aromatic N) is 2. The highest BCUT2D eigenvalue weighted by molar-refractivity contribution is 7.92. The molecule has 2 aromatic rings. The van der Waals surface area contributed by atoms with Crippen LogP contribution < -0.4 is 4.31 Å². The van der Waals surface area contributed by atoms with E-state index in [1.165, 1.54) is 4.31 Å². The van der Waals surface area contributed by atoms with Crippen molar-refractivity contribution in [3.63, 3.8) is 0 Å². The van der Waals surface area contributed by atoms with E-state index in [-0.39, 0.29) is 36.0 Å². The van der Waals surface area contributed by atoms with Crippen LogP contribution in [0.25, 0.3) is 0 Å². The number of carbonyl (C=O) groups excluding carboxylic acids is 1. The Hall–Kier alpha value is -2.38. The molecule has 29 heavy (non-hydrogen) atoms. The Morgan fingerprint density at radius 1 is 1.03 bits per heavy atom. The summed E-state index contributed by atoms with van der Waals surface area (Å²) in [6.45, 7) is 6.92. The second-order valence-electron chi connectivity index (χ2n) is 7.53. The number of benzene rings is 2. The van der Waals surface area contributed by atoms with Gasteiger partial charge in [0.2, 0.25) is 5.91 Å². The van der Waals surface area contributed by atoms with E-state index in [9.17, 15) is 13.2 Å². The van der Waals surface area contributed by atoms with Gasteiger partial charge in [-0.15, -0.1) is 0 Å². The molecule has 0 aliphatic carbocycles. The molecule has 1 aliphatic rings. The van der Waals surface area contributed by atoms with Crippen molar-refractivity contribution in [3.8, 4) is 0 Å². The third-order valence-corrected chi connectivity index (χ3v) is 6.80. The molecule has 3 rings (SSSR count). The van der Waals surface area contributed by atoms with Gasteiger partial charge in [0.25, 0.3) is 10.0 Å². The molecular weight excluding hydrogens is 388 g/mol. The molecule has 1 aliphatic heterocycles. The number of rotatable bonds is 6. The summed E-state index contributed by atoms with van der Waals surface area (Å²) in [6, 6.07) is 15.7. The predicted molar refractivity (Wildman–Crippen MR) is 113 cm³/mol. The van der Waals surface area contributed by atoms with Crippen LogP contribution in [0, 0.1) is 6.92 Å². The summed E-state index contributed by atoms with van der Waals surface area (Å²) in [5.74, 6) is -0.0629. The van der Waals surface area contributed by atoms with Gasteiger partial charge in [0.05, 0.1) is 22.8 Å². The zero-order valence-electron chi connectivity index (χ0n) is 17.1. The van der Waals surface area contributed by atoms with E-state index in [2.05, 4.69) is 0 Å². The average Bonchev–Trinajstić information content (AvgIpc) is 2.68. The number of para-hydroxylation sites is 1. The zero-order valence-corrected chi connectivity index (χ0v) is 17.9. The van der Waals surface area contributed by atoms with Crippen LogP contribution in [0.2, 0.25) is 0 Å². The van der Waals surface area contributed by atoms with Crippen LogP contribution in [0.1, 0.15) is 25.8 Å². The maximum absolute atomic E-state index is 13.3. The lowest BCUT2D eigenvalue weighted by atomic mass is 10.2. The minimum absolute atomic E-state index is 0.0239. The number of carbonyl (C=O) groups is 1. The number of sulfonamides is 1. The van der Waals surface area contributed by atoms with Gasteiger partial charge in [0.1, 0.15) is 0 Å². The first-order valence-corrected chi connectivity index (χ1v) is 11.3. The van der Waals surface area contributed by atoms with Gasteiger partial charge in [-0.1, -0.05) is 35.9 Å². The van der Waals surface area contributed by atoms with Crippen LogP contribution >= 0.6 is 0 Å². The molecule has 0 unspecified atom stereocenters. The van der Waals surface area contributed by atoms with Gasteiger partial charge in [-0.25, -0.2) is 8.42 Å². The summed E-state index contributed by atoms with van der Waals surface area (Å²) in [7, 11) is -3.78. The van der Waals surface area contributed by atoms with Crippen LogP contribution in [0.4, 0.5) is 5.69 Å². The number of morpholine rings is 1. The van der Waals surface area contributed by atoms with Crippen molar-refractivity contribution in [3.05, 3.63) is 60.2 Å². The Balaban J connectivity index is 1.81. The molecule has 1 heterocycles. The van der Waals surface area contributed by atoms with Crippen molar-refractivity contribution in [1.29, 1.82) is 0 Å². The number of hydrogen-bond donors (Lipinski definition) is 0. The molecule has 2 aromatic carbocycles. The summed E-state index contributed by atoms with van der Waals surface area (Å²) in [5.41, 5.74) is 1.53. The van der Waals surface area contributed by atoms with E-state index < -0.39 is 10.0 Å². The predicted octanol–water partition coefficient (Wildman–Crippen LogP) is 3.22. The van der Waals surface area contributed by atoms with E-state index in [0.29, 0.717) is 18.8 Å². The third-order valence-electron chi connectivity index (χ3n) is 4.95. The van der Waals surface area contributed by atoms with Gasteiger partial charge in [-0.2, -0.15) is 0 Å². The number of amides is 1. The Morgan fingerprint density at radius 3 is 2.21 bits per heavy atom. The SMILES string of the molecule is Cc1ccc(S(=O)(=O)N(CCC(=O)N2C[C@H](C)O[C@@H](C)C2)c2ccccc2)cc1. The fourth-order valence-corrected chi connectivity index (χ4v) is 5.02. The molecule has 0 N–H and O–H groups in total. The van der Waals surface area contributed by atoms with Crippen molar-refractivity contribution >= 4 is 21.6 Å². The van der Waals surface area contributed by atoms with Crippen molar-refractivity contribution in [2.24, 2.45) is 0 Å². The van der Waals surface area contributed by atoms with E-state index in [0.717, 1.165) is 5.56 Å². The number of hydrogen-bond acceptors (Lipinski definition) is 4. The smallest absolute Gasteiger partial charge is 0.264 e. The van der Waals surface area contributed by atoms with Gasteiger partial charge in [-0.3, -0.25) is 9.10 Å². The molecule has 0 saturated carbocycles. The Labute approximate surface area is 173 Å². The maximum Gasteiger partial charge on any atom is 0.264 e. The lowest BCUT2D eigenvalue weighted by Crippen LogP contribution is -2.49. The number of ether oxygens (including phenoxy) is 1. The highest BCUT2D eigenvalue weighted by Gasteiger charge is 2.29. The molecule has 7 heteroatoms. The van der Waals surface area contributed by atoms with Crippen LogP contribution in [0.5, 0.6) is 0 Å². The van der Waals surface area contributed by atoms with Crippen LogP contribution in [0.3, 0.4) is 0 Å². The molecule has 1 amide bonds. The van der Waals surface area contributed by atoms with Gasteiger partial charge in [-0.05, 0) is 45.0 Å². The van der Waals surface area contributed by atoms with Gasteiger partial charge in [0, 0.05) is 26.1 Å². The molecular formula is C22H28N2O4S. The van der Waals surface area contributed by atoms with E-state index in [4.69, 9.17) is 4.74 Å². The molecule has 0 bridgehead atoms. The van der Waals surface area contributed by atoms with Gasteiger partial charge < -0.3 is 9.64 Å². The summed E-state index contributed by atoms with van der Waals surface area (Å²) in [6.07, 6.45) is 0.0628. The van der Waals surface area contributed by atoms with Crippen molar-refractivity contribution in [2.45, 2.75) is 44.3 Å².